The Morgan fingerprint density at radius 1 is 1.37 bits per heavy atom. The van der Waals surface area contributed by atoms with Crippen LogP contribution >= 0.6 is 0 Å². The van der Waals surface area contributed by atoms with E-state index in [2.05, 4.69) is 0 Å². The van der Waals surface area contributed by atoms with Gasteiger partial charge in [-0.05, 0) is 27.2 Å². The number of amides is 1. The first-order valence-electron chi connectivity index (χ1n) is 6.90. The van der Waals surface area contributed by atoms with Gasteiger partial charge in [-0.2, -0.15) is 0 Å². The Bertz CT molecular complexity index is 356. The van der Waals surface area contributed by atoms with Crippen molar-refractivity contribution in [1.29, 1.82) is 0 Å². The van der Waals surface area contributed by atoms with Crippen molar-refractivity contribution >= 4 is 11.9 Å². The average molecular weight is 273 g/mol. The fraction of sp³-hybridized carbons (Fsp3) is 0.857. The summed E-state index contributed by atoms with van der Waals surface area (Å²) in [7, 11) is 0. The Morgan fingerprint density at radius 3 is 2.26 bits per heavy atom. The summed E-state index contributed by atoms with van der Waals surface area (Å²) in [4.78, 5) is 24.7. The van der Waals surface area contributed by atoms with Crippen LogP contribution in [0.25, 0.3) is 0 Å². The van der Waals surface area contributed by atoms with Crippen LogP contribution in [0.1, 0.15) is 47.5 Å². The largest absolute Gasteiger partial charge is 0.444 e. The van der Waals surface area contributed by atoms with E-state index in [0.29, 0.717) is 12.8 Å². The maximum atomic E-state index is 13.6. The molecule has 1 spiro atoms. The molecule has 2 aliphatic rings. The molecule has 1 aliphatic carbocycles. The smallest absolute Gasteiger partial charge is 0.410 e. The molecular weight excluding hydrogens is 249 g/mol. The molecule has 0 N–H and O–H groups in total. The SMILES string of the molecule is CC.CC(C)(C)OC(=O)N1CC2(C1)C(=O)CCC2F. The molecule has 1 atom stereocenters. The van der Waals surface area contributed by atoms with Crippen LogP contribution in [-0.2, 0) is 9.53 Å². The first-order valence-corrected chi connectivity index (χ1v) is 6.90. The van der Waals surface area contributed by atoms with E-state index in [4.69, 9.17) is 4.74 Å². The first kappa shape index (κ1) is 15.9. The van der Waals surface area contributed by atoms with Gasteiger partial charge in [0, 0.05) is 19.5 Å². The zero-order valence-electron chi connectivity index (χ0n) is 12.5. The highest BCUT2D eigenvalue weighted by Crippen LogP contribution is 2.45. The van der Waals surface area contributed by atoms with Crippen molar-refractivity contribution in [3.8, 4) is 0 Å². The normalized spacial score (nSPS) is 24.6. The van der Waals surface area contributed by atoms with Gasteiger partial charge in [0.2, 0.25) is 0 Å². The molecule has 1 saturated carbocycles. The van der Waals surface area contributed by atoms with Crippen LogP contribution in [-0.4, -0.2) is 41.6 Å². The lowest BCUT2D eigenvalue weighted by molar-refractivity contribution is -0.138. The number of halogens is 1. The third-order valence-electron chi connectivity index (χ3n) is 3.38. The van der Waals surface area contributed by atoms with Gasteiger partial charge in [0.15, 0.2) is 0 Å². The van der Waals surface area contributed by atoms with Gasteiger partial charge >= 0.3 is 6.09 Å². The van der Waals surface area contributed by atoms with Crippen molar-refractivity contribution in [2.24, 2.45) is 5.41 Å². The molecule has 4 nitrogen and oxygen atoms in total. The number of hydrogen-bond acceptors (Lipinski definition) is 3. The summed E-state index contributed by atoms with van der Waals surface area (Å²) in [5.41, 5.74) is -1.48. The lowest BCUT2D eigenvalue weighted by Crippen LogP contribution is -2.64. The molecule has 1 amide bonds. The van der Waals surface area contributed by atoms with Gasteiger partial charge < -0.3 is 9.64 Å². The highest BCUT2D eigenvalue weighted by Gasteiger charge is 2.59. The lowest BCUT2D eigenvalue weighted by atomic mass is 9.76. The summed E-state index contributed by atoms with van der Waals surface area (Å²) in [6.45, 7) is 9.67. The highest BCUT2D eigenvalue weighted by atomic mass is 19.1. The number of carbonyl (C=O) groups is 2. The molecular formula is C14H24FNO3. The number of Topliss-reactive ketones (excluding diaryl/α,β-unsaturated/α-hetero) is 1. The van der Waals surface area contributed by atoms with E-state index in [0.717, 1.165) is 0 Å². The summed E-state index contributed by atoms with van der Waals surface area (Å²) in [5, 5.41) is 0. The summed E-state index contributed by atoms with van der Waals surface area (Å²) in [5.74, 6) is -0.0511. The number of alkyl halides is 1. The Balaban J connectivity index is 0.000000861. The van der Waals surface area contributed by atoms with E-state index in [1.807, 2.05) is 13.8 Å². The van der Waals surface area contributed by atoms with E-state index in [9.17, 15) is 14.0 Å². The maximum absolute atomic E-state index is 13.6. The summed E-state index contributed by atoms with van der Waals surface area (Å²) in [6, 6.07) is 0. The minimum absolute atomic E-state index is 0.0511. The zero-order valence-corrected chi connectivity index (χ0v) is 12.5. The van der Waals surface area contributed by atoms with Crippen LogP contribution < -0.4 is 0 Å². The van der Waals surface area contributed by atoms with Gasteiger partial charge in [-0.1, -0.05) is 13.8 Å². The third-order valence-corrected chi connectivity index (χ3v) is 3.38. The molecule has 2 rings (SSSR count). The standard InChI is InChI=1S/C12H18FNO3.C2H6/c1-11(2,3)17-10(16)14-6-12(7-14)8(13)4-5-9(12)15;1-2/h8H,4-7H2,1-3H3;1-2H3. The molecule has 0 aromatic carbocycles. The number of nitrogens with zero attached hydrogens (tertiary/aromatic N) is 1. The molecule has 1 unspecified atom stereocenters. The number of carbonyl (C=O) groups excluding carboxylic acids is 2. The predicted octanol–water partition coefficient (Wildman–Crippen LogP) is 2.95. The Morgan fingerprint density at radius 2 is 1.89 bits per heavy atom. The van der Waals surface area contributed by atoms with Gasteiger partial charge in [-0.25, -0.2) is 9.18 Å². The molecule has 2 fully saturated rings. The van der Waals surface area contributed by atoms with Crippen LogP contribution in [0.3, 0.4) is 0 Å². The van der Waals surface area contributed by atoms with Crippen molar-refractivity contribution in [2.75, 3.05) is 13.1 Å². The number of ketones is 1. The van der Waals surface area contributed by atoms with Gasteiger partial charge in [-0.15, -0.1) is 0 Å². The van der Waals surface area contributed by atoms with Crippen LogP contribution in [0.2, 0.25) is 0 Å². The summed E-state index contributed by atoms with van der Waals surface area (Å²) in [6.07, 6.45) is -0.978. The number of likely N-dealkylation sites (tertiary alicyclic amines) is 1. The van der Waals surface area contributed by atoms with Gasteiger partial charge in [0.05, 0.1) is 5.41 Å². The van der Waals surface area contributed by atoms with E-state index in [1.165, 1.54) is 4.90 Å². The monoisotopic (exact) mass is 273 g/mol. The molecule has 1 aliphatic heterocycles. The van der Waals surface area contributed by atoms with Crippen LogP contribution in [0, 0.1) is 5.41 Å². The fourth-order valence-corrected chi connectivity index (χ4v) is 2.42. The van der Waals surface area contributed by atoms with Crippen LogP contribution in [0.5, 0.6) is 0 Å². The average Bonchev–Trinajstić information content (AvgIpc) is 2.53. The van der Waals surface area contributed by atoms with E-state index in [1.54, 1.807) is 20.8 Å². The molecule has 0 bridgehead atoms. The van der Waals surface area contributed by atoms with Crippen molar-refractivity contribution in [2.45, 2.75) is 59.2 Å². The minimum atomic E-state index is -1.10. The fourth-order valence-electron chi connectivity index (χ4n) is 2.42. The summed E-state index contributed by atoms with van der Waals surface area (Å²) < 4.78 is 18.8. The number of rotatable bonds is 0. The Hall–Kier alpha value is -1.13. The summed E-state index contributed by atoms with van der Waals surface area (Å²) >= 11 is 0. The maximum Gasteiger partial charge on any atom is 0.410 e. The van der Waals surface area contributed by atoms with Crippen molar-refractivity contribution in [3.05, 3.63) is 0 Å². The second-order valence-electron chi connectivity index (χ2n) is 5.92. The third kappa shape index (κ3) is 3.07. The second-order valence-corrected chi connectivity index (χ2v) is 5.92. The van der Waals surface area contributed by atoms with Gasteiger partial charge in [0.1, 0.15) is 17.6 Å². The van der Waals surface area contributed by atoms with Crippen LogP contribution in [0.15, 0.2) is 0 Å². The molecule has 0 aromatic rings. The molecule has 1 heterocycles. The van der Waals surface area contributed by atoms with Gasteiger partial charge in [-0.3, -0.25) is 4.79 Å². The minimum Gasteiger partial charge on any atom is -0.444 e. The molecule has 5 heteroatoms. The second kappa shape index (κ2) is 5.47. The molecule has 0 radical (unpaired) electrons. The molecule has 110 valence electrons. The number of hydrogen-bond donors (Lipinski definition) is 0. The Labute approximate surface area is 114 Å². The molecule has 19 heavy (non-hydrogen) atoms. The van der Waals surface area contributed by atoms with E-state index < -0.39 is 23.3 Å². The molecule has 0 aromatic heterocycles. The Kier molecular flexibility index (Phi) is 4.59. The zero-order chi connectivity index (χ0) is 14.8. The molecule has 1 saturated heterocycles. The quantitative estimate of drug-likeness (QED) is 0.681. The van der Waals surface area contributed by atoms with Crippen molar-refractivity contribution in [3.63, 3.8) is 0 Å². The number of ether oxygens (including phenoxy) is 1. The van der Waals surface area contributed by atoms with Crippen LogP contribution in [0.4, 0.5) is 9.18 Å². The van der Waals surface area contributed by atoms with Crippen molar-refractivity contribution < 1.29 is 18.7 Å². The highest BCUT2D eigenvalue weighted by molar-refractivity contribution is 5.91. The van der Waals surface area contributed by atoms with Gasteiger partial charge in [0.25, 0.3) is 0 Å². The van der Waals surface area contributed by atoms with E-state index in [-0.39, 0.29) is 18.9 Å². The van der Waals surface area contributed by atoms with Crippen molar-refractivity contribution in [1.82, 2.24) is 4.90 Å². The first-order chi connectivity index (χ1) is 8.74. The topological polar surface area (TPSA) is 46.6 Å². The van der Waals surface area contributed by atoms with E-state index >= 15 is 0 Å². The lowest BCUT2D eigenvalue weighted by Gasteiger charge is -2.47. The predicted molar refractivity (Wildman–Crippen MR) is 70.7 cm³/mol.